The molecule has 61 valence electrons. The van der Waals surface area contributed by atoms with Crippen molar-refractivity contribution in [2.24, 2.45) is 0 Å². The molecular formula is C7H17NWY-2. The first-order chi connectivity index (χ1) is 3.41. The zero-order valence-corrected chi connectivity index (χ0v) is 13.0. The SMILES string of the molecule is CC.[CH2-]C[N-]C[CH2-].[CH3-].[W+2].[Y]. The van der Waals surface area contributed by atoms with Crippen LogP contribution in [0.3, 0.4) is 0 Å². The summed E-state index contributed by atoms with van der Waals surface area (Å²) in [7, 11) is 0. The molecule has 0 saturated carbocycles. The molecule has 1 nitrogen and oxygen atoms in total. The Morgan fingerprint density at radius 3 is 1.30 bits per heavy atom. The Morgan fingerprint density at radius 1 is 1.10 bits per heavy atom. The second kappa shape index (κ2) is 45.3. The molecular weight excluding hydrogens is 371 g/mol. The van der Waals surface area contributed by atoms with Gasteiger partial charge in [-0.2, -0.15) is 0 Å². The normalized spacial score (nSPS) is 4.80. The Bertz CT molecular complexity index is 21.1. The number of nitrogens with zero attached hydrogens (tertiary/aromatic N) is 1. The van der Waals surface area contributed by atoms with Gasteiger partial charge in [0.05, 0.1) is 0 Å². The van der Waals surface area contributed by atoms with Crippen LogP contribution < -0.4 is 0 Å². The van der Waals surface area contributed by atoms with Crippen molar-refractivity contribution in [3.05, 3.63) is 26.6 Å². The molecule has 0 atom stereocenters. The van der Waals surface area contributed by atoms with E-state index in [9.17, 15) is 0 Å². The van der Waals surface area contributed by atoms with Gasteiger partial charge in [-0.3, -0.25) is 13.1 Å². The monoisotopic (exact) mass is 388 g/mol. The van der Waals surface area contributed by atoms with Gasteiger partial charge in [-0.25, -0.2) is 0 Å². The molecule has 0 heterocycles. The molecule has 0 spiro atoms. The van der Waals surface area contributed by atoms with Gasteiger partial charge in [0.2, 0.25) is 0 Å². The zero-order chi connectivity index (χ0) is 6.12. The zero-order valence-electron chi connectivity index (χ0n) is 7.26. The van der Waals surface area contributed by atoms with Crippen molar-refractivity contribution in [3.8, 4) is 0 Å². The quantitative estimate of drug-likeness (QED) is 0.646. The van der Waals surface area contributed by atoms with E-state index in [2.05, 4.69) is 19.2 Å². The van der Waals surface area contributed by atoms with Gasteiger partial charge in [0.15, 0.2) is 0 Å². The van der Waals surface area contributed by atoms with Gasteiger partial charge in [-0.05, 0) is 0 Å². The maximum atomic E-state index is 3.75. The Morgan fingerprint density at radius 2 is 1.30 bits per heavy atom. The summed E-state index contributed by atoms with van der Waals surface area (Å²) in [5, 5.41) is 3.75. The molecule has 3 heteroatoms. The van der Waals surface area contributed by atoms with Gasteiger partial charge in [-0.15, -0.1) is 0 Å². The smallest absolute Gasteiger partial charge is 0.715 e. The van der Waals surface area contributed by atoms with Gasteiger partial charge in [-0.1, -0.05) is 13.8 Å². The molecule has 0 aliphatic rings. The average Bonchev–Trinajstić information content (AvgIpc) is 1.75. The fraction of sp³-hybridized carbons (Fsp3) is 0.571. The van der Waals surface area contributed by atoms with Crippen molar-refractivity contribution in [1.82, 2.24) is 0 Å². The molecule has 0 aliphatic heterocycles. The summed E-state index contributed by atoms with van der Waals surface area (Å²) >= 11 is 0. The third-order valence-corrected chi connectivity index (χ3v) is 0.316. The van der Waals surface area contributed by atoms with Crippen LogP contribution >= 0.6 is 0 Å². The Labute approximate surface area is 106 Å². The number of hydrogen-bond donors (Lipinski definition) is 0. The van der Waals surface area contributed by atoms with Crippen LogP contribution in [0.15, 0.2) is 0 Å². The Hall–Kier alpha value is 1.75. The second-order valence-electron chi connectivity index (χ2n) is 0.671. The second-order valence-corrected chi connectivity index (χ2v) is 0.671. The molecule has 0 aromatic heterocycles. The van der Waals surface area contributed by atoms with Crippen molar-refractivity contribution in [2.45, 2.75) is 13.8 Å². The molecule has 0 unspecified atom stereocenters. The Balaban J connectivity index is -0.0000000154. The van der Waals surface area contributed by atoms with Crippen LogP contribution in [0.1, 0.15) is 13.8 Å². The summed E-state index contributed by atoms with van der Waals surface area (Å²) < 4.78 is 0. The van der Waals surface area contributed by atoms with Crippen molar-refractivity contribution in [2.75, 3.05) is 13.1 Å². The maximum absolute atomic E-state index is 3.75. The summed E-state index contributed by atoms with van der Waals surface area (Å²) in [6.07, 6.45) is 0. The minimum atomic E-state index is 0. The summed E-state index contributed by atoms with van der Waals surface area (Å²) in [5.74, 6) is 0. The Kier molecular flexibility index (Phi) is 135. The fourth-order valence-electron chi connectivity index (χ4n) is 0.112. The van der Waals surface area contributed by atoms with Crippen LogP contribution in [0, 0.1) is 21.3 Å². The number of rotatable bonds is 2. The van der Waals surface area contributed by atoms with Crippen LogP contribution in [0.25, 0.3) is 5.32 Å². The van der Waals surface area contributed by atoms with Crippen molar-refractivity contribution in [3.63, 3.8) is 0 Å². The van der Waals surface area contributed by atoms with Crippen LogP contribution in [0.2, 0.25) is 0 Å². The molecule has 0 aromatic rings. The van der Waals surface area contributed by atoms with E-state index < -0.39 is 0 Å². The summed E-state index contributed by atoms with van der Waals surface area (Å²) in [5.41, 5.74) is 0. The van der Waals surface area contributed by atoms with Crippen molar-refractivity contribution < 1.29 is 53.8 Å². The van der Waals surface area contributed by atoms with Crippen LogP contribution in [-0.2, 0) is 53.8 Å². The van der Waals surface area contributed by atoms with E-state index in [1.807, 2.05) is 13.8 Å². The average molecular weight is 388 g/mol. The molecule has 0 N–H and O–H groups in total. The van der Waals surface area contributed by atoms with E-state index in [0.717, 1.165) is 0 Å². The molecule has 10 heavy (non-hydrogen) atoms. The van der Waals surface area contributed by atoms with Gasteiger partial charge in [0.1, 0.15) is 0 Å². The molecule has 0 rings (SSSR count). The van der Waals surface area contributed by atoms with E-state index in [1.54, 1.807) is 0 Å². The summed E-state index contributed by atoms with van der Waals surface area (Å²) in [6, 6.07) is 0. The van der Waals surface area contributed by atoms with E-state index in [1.165, 1.54) is 0 Å². The van der Waals surface area contributed by atoms with Gasteiger partial charge in [0, 0.05) is 32.7 Å². The molecule has 0 aromatic carbocycles. The molecule has 0 bridgehead atoms. The minimum Gasteiger partial charge on any atom is -0.715 e. The van der Waals surface area contributed by atoms with E-state index in [0.29, 0.717) is 13.1 Å². The molecule has 0 fully saturated rings. The minimum absolute atomic E-state index is 0. The van der Waals surface area contributed by atoms with Gasteiger partial charge < -0.3 is 26.6 Å². The van der Waals surface area contributed by atoms with Crippen LogP contribution in [0.5, 0.6) is 0 Å². The number of hydrogen-bond acceptors (Lipinski definition) is 0. The first-order valence-electron chi connectivity index (χ1n) is 2.63. The molecule has 0 aliphatic carbocycles. The first-order valence-corrected chi connectivity index (χ1v) is 2.63. The van der Waals surface area contributed by atoms with E-state index in [-0.39, 0.29) is 61.2 Å². The largest absolute Gasteiger partial charge is 2.00 e. The maximum Gasteiger partial charge on any atom is 2.00 e. The van der Waals surface area contributed by atoms with Crippen molar-refractivity contribution in [1.29, 1.82) is 0 Å². The van der Waals surface area contributed by atoms with E-state index in [4.69, 9.17) is 0 Å². The third-order valence-electron chi connectivity index (χ3n) is 0.316. The summed E-state index contributed by atoms with van der Waals surface area (Å²) in [6.45, 7) is 12.2. The van der Waals surface area contributed by atoms with Crippen molar-refractivity contribution >= 4 is 0 Å². The fourth-order valence-corrected chi connectivity index (χ4v) is 0.112. The first kappa shape index (κ1) is 29.8. The van der Waals surface area contributed by atoms with Crippen LogP contribution in [0.4, 0.5) is 0 Å². The third kappa shape index (κ3) is 53.1. The van der Waals surface area contributed by atoms with Gasteiger partial charge >= 0.3 is 21.1 Å². The topological polar surface area (TPSA) is 14.1 Å². The molecule has 0 amide bonds. The predicted molar refractivity (Wildman–Crippen MR) is 41.6 cm³/mol. The molecule has 1 radical (unpaired) electrons. The van der Waals surface area contributed by atoms with E-state index >= 15 is 0 Å². The van der Waals surface area contributed by atoms with Crippen LogP contribution in [-0.4, -0.2) is 13.1 Å². The summed E-state index contributed by atoms with van der Waals surface area (Å²) in [4.78, 5) is 0. The molecule has 0 saturated heterocycles. The predicted octanol–water partition coefficient (Wildman–Crippen LogP) is 2.50. The standard InChI is InChI=1S/C4H8N.C2H6.CH3.W.Y/c1-3-5-4-2;1-2;;;/h1-4H2;1-2H3;1H3;;/q-3;;-1;+2;. The van der Waals surface area contributed by atoms with Gasteiger partial charge in [0.25, 0.3) is 0 Å².